The van der Waals surface area contributed by atoms with Crippen molar-refractivity contribution < 1.29 is 14.1 Å². The fraction of sp³-hybridized carbons (Fsp3) is 0.467. The SMILES string of the molecule is Cc1noc(COC(=O)c2cccnc2SC2CCCC2)n1. The number of pyridine rings is 1. The van der Waals surface area contributed by atoms with Gasteiger partial charge in [0.25, 0.3) is 5.89 Å². The average molecular weight is 319 g/mol. The molecule has 0 unspecified atom stereocenters. The minimum Gasteiger partial charge on any atom is -0.452 e. The zero-order valence-electron chi connectivity index (χ0n) is 12.3. The Morgan fingerprint density at radius 2 is 2.27 bits per heavy atom. The molecule has 3 rings (SSSR count). The van der Waals surface area contributed by atoms with Gasteiger partial charge < -0.3 is 9.26 Å². The molecule has 6 nitrogen and oxygen atoms in total. The molecule has 1 aliphatic rings. The van der Waals surface area contributed by atoms with Crippen LogP contribution < -0.4 is 0 Å². The summed E-state index contributed by atoms with van der Waals surface area (Å²) in [6.45, 7) is 1.69. The van der Waals surface area contributed by atoms with E-state index in [1.807, 2.05) is 0 Å². The monoisotopic (exact) mass is 319 g/mol. The molecule has 0 spiro atoms. The van der Waals surface area contributed by atoms with E-state index < -0.39 is 5.97 Å². The lowest BCUT2D eigenvalue weighted by Crippen LogP contribution is -2.09. The van der Waals surface area contributed by atoms with Crippen molar-refractivity contribution in [3.05, 3.63) is 35.6 Å². The summed E-state index contributed by atoms with van der Waals surface area (Å²) < 4.78 is 10.2. The molecule has 1 aliphatic carbocycles. The summed E-state index contributed by atoms with van der Waals surface area (Å²) in [5.74, 6) is 0.397. The highest BCUT2D eigenvalue weighted by atomic mass is 32.2. The van der Waals surface area contributed by atoms with Gasteiger partial charge >= 0.3 is 5.97 Å². The van der Waals surface area contributed by atoms with Gasteiger partial charge in [-0.1, -0.05) is 18.0 Å². The highest BCUT2D eigenvalue weighted by Crippen LogP contribution is 2.35. The molecule has 22 heavy (non-hydrogen) atoms. The van der Waals surface area contributed by atoms with Crippen LogP contribution in [0.3, 0.4) is 0 Å². The Morgan fingerprint density at radius 3 is 3.00 bits per heavy atom. The largest absolute Gasteiger partial charge is 0.452 e. The first kappa shape index (κ1) is 15.0. The van der Waals surface area contributed by atoms with E-state index in [4.69, 9.17) is 9.26 Å². The van der Waals surface area contributed by atoms with Crippen molar-refractivity contribution in [1.82, 2.24) is 15.1 Å². The second-order valence-electron chi connectivity index (χ2n) is 5.19. The third kappa shape index (κ3) is 3.65. The van der Waals surface area contributed by atoms with Crippen LogP contribution in [0.25, 0.3) is 0 Å². The molecule has 1 fully saturated rings. The topological polar surface area (TPSA) is 78.1 Å². The summed E-state index contributed by atoms with van der Waals surface area (Å²) >= 11 is 1.67. The highest BCUT2D eigenvalue weighted by Gasteiger charge is 2.21. The summed E-state index contributed by atoms with van der Waals surface area (Å²) in [6.07, 6.45) is 6.56. The van der Waals surface area contributed by atoms with Crippen molar-refractivity contribution in [3.8, 4) is 0 Å². The van der Waals surface area contributed by atoms with E-state index in [0.717, 1.165) is 5.03 Å². The quantitative estimate of drug-likeness (QED) is 0.783. The van der Waals surface area contributed by atoms with Crippen LogP contribution in [0.5, 0.6) is 0 Å². The predicted molar refractivity (Wildman–Crippen MR) is 80.5 cm³/mol. The van der Waals surface area contributed by atoms with Gasteiger partial charge in [-0.05, 0) is 31.9 Å². The Balaban J connectivity index is 1.66. The molecule has 0 saturated heterocycles. The predicted octanol–water partition coefficient (Wildman–Crippen LogP) is 3.16. The Labute approximate surface area is 132 Å². The summed E-state index contributed by atoms with van der Waals surface area (Å²) in [7, 11) is 0. The maximum Gasteiger partial charge on any atom is 0.341 e. The number of hydrogen-bond acceptors (Lipinski definition) is 7. The van der Waals surface area contributed by atoms with E-state index >= 15 is 0 Å². The van der Waals surface area contributed by atoms with Gasteiger partial charge in [-0.2, -0.15) is 4.98 Å². The molecule has 2 aromatic rings. The van der Waals surface area contributed by atoms with Gasteiger partial charge in [-0.15, -0.1) is 11.8 Å². The van der Waals surface area contributed by atoms with Crippen molar-refractivity contribution in [3.63, 3.8) is 0 Å². The molecule has 7 heteroatoms. The Morgan fingerprint density at radius 1 is 1.45 bits per heavy atom. The lowest BCUT2D eigenvalue weighted by Gasteiger charge is -2.11. The lowest BCUT2D eigenvalue weighted by atomic mass is 10.3. The van der Waals surface area contributed by atoms with Gasteiger partial charge in [0.15, 0.2) is 12.4 Å². The van der Waals surface area contributed by atoms with Crippen molar-refractivity contribution in [1.29, 1.82) is 0 Å². The minimum atomic E-state index is -0.413. The number of ether oxygens (including phenoxy) is 1. The second-order valence-corrected chi connectivity index (χ2v) is 6.48. The molecule has 0 N–H and O–H groups in total. The zero-order chi connectivity index (χ0) is 15.4. The number of nitrogens with zero attached hydrogens (tertiary/aromatic N) is 3. The van der Waals surface area contributed by atoms with Gasteiger partial charge in [0.05, 0.1) is 5.56 Å². The van der Waals surface area contributed by atoms with E-state index in [2.05, 4.69) is 15.1 Å². The third-order valence-electron chi connectivity index (χ3n) is 3.47. The van der Waals surface area contributed by atoms with Crippen molar-refractivity contribution >= 4 is 17.7 Å². The first-order chi connectivity index (χ1) is 10.7. The smallest absolute Gasteiger partial charge is 0.341 e. The van der Waals surface area contributed by atoms with Gasteiger partial charge in [-0.3, -0.25) is 0 Å². The molecule has 0 amide bonds. The Hall–Kier alpha value is -1.89. The standard InChI is InChI=1S/C15H17N3O3S/c1-10-17-13(21-18-10)9-20-15(19)12-7-4-8-16-14(12)22-11-5-2-3-6-11/h4,7-8,11H,2-3,5-6,9H2,1H3. The molecule has 0 radical (unpaired) electrons. The van der Waals surface area contributed by atoms with Gasteiger partial charge in [-0.25, -0.2) is 9.78 Å². The fourth-order valence-corrected chi connectivity index (χ4v) is 3.69. The number of carbonyl (C=O) groups is 1. The van der Waals surface area contributed by atoms with Crippen LogP contribution in [-0.2, 0) is 11.3 Å². The lowest BCUT2D eigenvalue weighted by molar-refractivity contribution is 0.0424. The molecular weight excluding hydrogens is 302 g/mol. The first-order valence-electron chi connectivity index (χ1n) is 7.30. The molecule has 0 aliphatic heterocycles. The molecule has 2 aromatic heterocycles. The molecule has 2 heterocycles. The summed E-state index contributed by atoms with van der Waals surface area (Å²) in [6, 6.07) is 3.48. The Kier molecular flexibility index (Phi) is 4.72. The van der Waals surface area contributed by atoms with Crippen LogP contribution in [0.1, 0.15) is 47.8 Å². The maximum atomic E-state index is 12.3. The summed E-state index contributed by atoms with van der Waals surface area (Å²) in [5, 5.41) is 4.94. The highest BCUT2D eigenvalue weighted by molar-refractivity contribution is 7.99. The van der Waals surface area contributed by atoms with Crippen LogP contribution in [0, 0.1) is 6.92 Å². The normalized spacial score (nSPS) is 15.1. The number of rotatable bonds is 5. The molecule has 116 valence electrons. The molecule has 0 aromatic carbocycles. The van der Waals surface area contributed by atoms with E-state index in [1.54, 1.807) is 37.0 Å². The van der Waals surface area contributed by atoms with Crippen LogP contribution >= 0.6 is 11.8 Å². The van der Waals surface area contributed by atoms with Gasteiger partial charge in [0.1, 0.15) is 5.03 Å². The molecule has 0 atom stereocenters. The molecule has 0 bridgehead atoms. The van der Waals surface area contributed by atoms with Crippen molar-refractivity contribution in [2.45, 2.75) is 49.5 Å². The molecule has 1 saturated carbocycles. The van der Waals surface area contributed by atoms with E-state index in [1.165, 1.54) is 25.7 Å². The van der Waals surface area contributed by atoms with Gasteiger partial charge in [0.2, 0.25) is 0 Å². The number of thioether (sulfide) groups is 1. The number of hydrogen-bond donors (Lipinski definition) is 0. The minimum absolute atomic E-state index is 0.0257. The fourth-order valence-electron chi connectivity index (χ4n) is 2.41. The van der Waals surface area contributed by atoms with E-state index in [9.17, 15) is 4.79 Å². The number of carbonyl (C=O) groups excluding carboxylic acids is 1. The van der Waals surface area contributed by atoms with Gasteiger partial charge in [0, 0.05) is 11.4 Å². The van der Waals surface area contributed by atoms with E-state index in [0.29, 0.717) is 22.5 Å². The van der Waals surface area contributed by atoms with Crippen LogP contribution in [-0.4, -0.2) is 26.3 Å². The number of esters is 1. The zero-order valence-corrected chi connectivity index (χ0v) is 13.1. The van der Waals surface area contributed by atoms with Crippen molar-refractivity contribution in [2.75, 3.05) is 0 Å². The summed E-state index contributed by atoms with van der Waals surface area (Å²) in [4.78, 5) is 20.6. The van der Waals surface area contributed by atoms with Crippen LogP contribution in [0.4, 0.5) is 0 Å². The first-order valence-corrected chi connectivity index (χ1v) is 8.18. The number of aromatic nitrogens is 3. The summed E-state index contributed by atoms with van der Waals surface area (Å²) in [5.41, 5.74) is 0.496. The maximum absolute atomic E-state index is 12.3. The van der Waals surface area contributed by atoms with E-state index in [-0.39, 0.29) is 6.61 Å². The van der Waals surface area contributed by atoms with Crippen LogP contribution in [0.2, 0.25) is 0 Å². The average Bonchev–Trinajstić information content (AvgIpc) is 3.17. The Bertz CT molecular complexity index is 653. The second kappa shape index (κ2) is 6.91. The van der Waals surface area contributed by atoms with Crippen molar-refractivity contribution in [2.24, 2.45) is 0 Å². The molecular formula is C15H17N3O3S. The van der Waals surface area contributed by atoms with Crippen LogP contribution in [0.15, 0.2) is 27.9 Å². The number of aryl methyl sites for hydroxylation is 1. The third-order valence-corrected chi connectivity index (χ3v) is 4.82.